The SMILES string of the molecule is CN(C)c1ccc(/C=C/c2cccc[n+]2CCSSCC[n+]2ccccc2/C=C/c2ccc(N(C)C)c3ccccc23)c2ccccc12. The second-order valence-corrected chi connectivity index (χ2v) is 14.9. The summed E-state index contributed by atoms with van der Waals surface area (Å²) in [5, 5.41) is 5.10. The van der Waals surface area contributed by atoms with Gasteiger partial charge < -0.3 is 9.80 Å². The number of hydrogen-bond acceptors (Lipinski definition) is 4. The molecule has 0 N–H and O–H groups in total. The maximum absolute atomic E-state index is 2.35. The Morgan fingerprint density at radius 1 is 0.458 bits per heavy atom. The summed E-state index contributed by atoms with van der Waals surface area (Å²) >= 11 is 0. The number of nitrogens with zero attached hydrogens (tertiary/aromatic N) is 4. The molecule has 0 unspecified atom stereocenters. The van der Waals surface area contributed by atoms with E-state index in [2.05, 4.69) is 193 Å². The molecule has 0 bridgehead atoms. The van der Waals surface area contributed by atoms with Gasteiger partial charge in [-0.25, -0.2) is 0 Å². The highest BCUT2D eigenvalue weighted by molar-refractivity contribution is 8.76. The minimum atomic E-state index is 0.964. The van der Waals surface area contributed by atoms with E-state index in [1.807, 2.05) is 21.6 Å². The summed E-state index contributed by atoms with van der Waals surface area (Å²) in [6.07, 6.45) is 13.4. The van der Waals surface area contributed by atoms with Crippen molar-refractivity contribution >= 4 is 78.8 Å². The van der Waals surface area contributed by atoms with Crippen molar-refractivity contribution in [3.8, 4) is 0 Å². The minimum Gasteiger partial charge on any atom is -0.377 e. The largest absolute Gasteiger partial charge is 0.377 e. The van der Waals surface area contributed by atoms with Crippen molar-refractivity contribution < 1.29 is 9.13 Å². The van der Waals surface area contributed by atoms with Crippen LogP contribution in [0.5, 0.6) is 0 Å². The van der Waals surface area contributed by atoms with E-state index in [1.165, 1.54) is 55.4 Å². The topological polar surface area (TPSA) is 14.2 Å². The lowest BCUT2D eigenvalue weighted by atomic mass is 10.0. The van der Waals surface area contributed by atoms with Crippen LogP contribution in [0.3, 0.4) is 0 Å². The van der Waals surface area contributed by atoms with E-state index in [0.717, 1.165) is 24.6 Å². The zero-order valence-electron chi connectivity index (χ0n) is 28.3. The first kappa shape index (κ1) is 33.4. The first-order valence-corrected chi connectivity index (χ1v) is 18.9. The van der Waals surface area contributed by atoms with Gasteiger partial charge in [0.2, 0.25) is 11.4 Å². The monoisotopic (exact) mass is 668 g/mol. The van der Waals surface area contributed by atoms with E-state index in [9.17, 15) is 0 Å². The average Bonchev–Trinajstić information content (AvgIpc) is 3.11. The molecule has 0 saturated heterocycles. The molecule has 0 aliphatic rings. The molecule has 6 rings (SSSR count). The Morgan fingerprint density at radius 2 is 0.854 bits per heavy atom. The standard InChI is InChI=1S/C42H44N4S2/c1-43(2)41-25-21-33(37-15-5-7-17-39(37)41)19-23-35-13-9-11-27-45(35)29-31-47-48-32-30-46-28-12-10-14-36(46)24-20-34-22-26-42(44(3)4)40-18-8-6-16-38(34)40/h5-28H,29-32H2,1-4H3/q+2. The quantitative estimate of drug-likeness (QED) is 0.0692. The van der Waals surface area contributed by atoms with Crippen molar-refractivity contribution in [3.05, 3.63) is 144 Å². The van der Waals surface area contributed by atoms with Crippen LogP contribution >= 0.6 is 21.6 Å². The molecule has 242 valence electrons. The predicted octanol–water partition coefficient (Wildman–Crippen LogP) is 9.12. The Bertz CT molecular complexity index is 1920. The number of hydrogen-bond donors (Lipinski definition) is 0. The second-order valence-electron chi connectivity index (χ2n) is 12.2. The molecule has 2 aromatic heterocycles. The third-order valence-corrected chi connectivity index (χ3v) is 10.9. The van der Waals surface area contributed by atoms with Crippen molar-refractivity contribution in [3.63, 3.8) is 0 Å². The third kappa shape index (κ3) is 7.95. The predicted molar refractivity (Wildman–Crippen MR) is 213 cm³/mol. The van der Waals surface area contributed by atoms with Gasteiger partial charge in [0.1, 0.15) is 0 Å². The lowest BCUT2D eigenvalue weighted by Gasteiger charge is -2.16. The highest BCUT2D eigenvalue weighted by Gasteiger charge is 2.11. The molecule has 0 radical (unpaired) electrons. The Balaban J connectivity index is 1.05. The van der Waals surface area contributed by atoms with Crippen LogP contribution in [0.2, 0.25) is 0 Å². The maximum Gasteiger partial charge on any atom is 0.205 e. The minimum absolute atomic E-state index is 0.964. The molecule has 0 fully saturated rings. The van der Waals surface area contributed by atoms with Crippen LogP contribution in [0.1, 0.15) is 22.5 Å². The van der Waals surface area contributed by atoms with Gasteiger partial charge in [0.05, 0.1) is 11.5 Å². The van der Waals surface area contributed by atoms with Crippen molar-refractivity contribution in [1.82, 2.24) is 0 Å². The van der Waals surface area contributed by atoms with Crippen molar-refractivity contribution in [2.24, 2.45) is 0 Å². The summed E-state index contributed by atoms with van der Waals surface area (Å²) < 4.78 is 4.70. The summed E-state index contributed by atoms with van der Waals surface area (Å²) in [5.41, 5.74) is 7.38. The third-order valence-electron chi connectivity index (χ3n) is 8.57. The van der Waals surface area contributed by atoms with Gasteiger partial charge in [-0.15, -0.1) is 0 Å². The van der Waals surface area contributed by atoms with Gasteiger partial charge in [0.25, 0.3) is 0 Å². The van der Waals surface area contributed by atoms with Gasteiger partial charge in [0.15, 0.2) is 25.5 Å². The number of rotatable bonds is 13. The fourth-order valence-electron chi connectivity index (χ4n) is 6.11. The number of aromatic nitrogens is 2. The fraction of sp³-hybridized carbons (Fsp3) is 0.190. The van der Waals surface area contributed by atoms with Gasteiger partial charge in [-0.05, 0) is 58.3 Å². The average molecular weight is 669 g/mol. The van der Waals surface area contributed by atoms with E-state index >= 15 is 0 Å². The second kappa shape index (κ2) is 16.1. The summed E-state index contributed by atoms with van der Waals surface area (Å²) in [4.78, 5) is 4.36. The summed E-state index contributed by atoms with van der Waals surface area (Å²) in [6.45, 7) is 1.93. The number of benzene rings is 4. The fourth-order valence-corrected chi connectivity index (χ4v) is 8.04. The van der Waals surface area contributed by atoms with E-state index in [-0.39, 0.29) is 0 Å². The highest BCUT2D eigenvalue weighted by Crippen LogP contribution is 2.31. The normalized spacial score (nSPS) is 11.7. The molecule has 2 heterocycles. The van der Waals surface area contributed by atoms with Crippen LogP contribution in [0.15, 0.2) is 122 Å². The highest BCUT2D eigenvalue weighted by atomic mass is 33.1. The Morgan fingerprint density at radius 3 is 1.27 bits per heavy atom. The lowest BCUT2D eigenvalue weighted by Crippen LogP contribution is -2.38. The lowest BCUT2D eigenvalue weighted by molar-refractivity contribution is -0.694. The van der Waals surface area contributed by atoms with Crippen molar-refractivity contribution in [1.29, 1.82) is 0 Å². The molecule has 0 aliphatic heterocycles. The van der Waals surface area contributed by atoms with Gasteiger partial charge in [0, 0.05) is 86.8 Å². The van der Waals surface area contributed by atoms with E-state index in [4.69, 9.17) is 0 Å². The first-order valence-electron chi connectivity index (χ1n) is 16.5. The van der Waals surface area contributed by atoms with Crippen LogP contribution in [-0.2, 0) is 13.1 Å². The van der Waals surface area contributed by atoms with Crippen LogP contribution in [0.4, 0.5) is 11.4 Å². The number of pyridine rings is 2. The molecule has 0 saturated carbocycles. The molecule has 6 aromatic rings. The van der Waals surface area contributed by atoms with E-state index in [1.54, 1.807) is 0 Å². The molecular weight excluding hydrogens is 625 g/mol. The van der Waals surface area contributed by atoms with Crippen molar-refractivity contribution in [2.45, 2.75) is 13.1 Å². The van der Waals surface area contributed by atoms with Crippen LogP contribution in [0, 0.1) is 0 Å². The Hall–Kier alpha value is -4.52. The number of anilines is 2. The van der Waals surface area contributed by atoms with E-state index < -0.39 is 0 Å². The zero-order chi connectivity index (χ0) is 33.3. The molecule has 0 atom stereocenters. The molecule has 48 heavy (non-hydrogen) atoms. The summed E-state index contributed by atoms with van der Waals surface area (Å²) in [7, 11) is 12.3. The first-order chi connectivity index (χ1) is 23.5. The van der Waals surface area contributed by atoms with Crippen LogP contribution in [0.25, 0.3) is 45.8 Å². The maximum atomic E-state index is 2.35. The van der Waals surface area contributed by atoms with E-state index in [0.29, 0.717) is 0 Å². The number of aryl methyl sites for hydroxylation is 2. The van der Waals surface area contributed by atoms with Crippen LogP contribution < -0.4 is 18.9 Å². The van der Waals surface area contributed by atoms with Gasteiger partial charge >= 0.3 is 0 Å². The Kier molecular flexibility index (Phi) is 11.2. The van der Waals surface area contributed by atoms with Crippen LogP contribution in [-0.4, -0.2) is 39.7 Å². The summed E-state index contributed by atoms with van der Waals surface area (Å²) in [6, 6.07) is 39.1. The molecular formula is C42H44N4S2+2. The number of fused-ring (bicyclic) bond motifs is 2. The van der Waals surface area contributed by atoms with Gasteiger partial charge in [-0.2, -0.15) is 9.13 Å². The molecule has 4 aromatic carbocycles. The zero-order valence-corrected chi connectivity index (χ0v) is 29.9. The molecule has 0 amide bonds. The van der Waals surface area contributed by atoms with Crippen molar-refractivity contribution in [2.75, 3.05) is 49.5 Å². The van der Waals surface area contributed by atoms with Gasteiger partial charge in [-0.1, -0.05) is 82.3 Å². The molecule has 6 heteroatoms. The Labute approximate surface area is 293 Å². The smallest absolute Gasteiger partial charge is 0.205 e. The summed E-state index contributed by atoms with van der Waals surface area (Å²) in [5.74, 6) is 2.09. The molecule has 0 spiro atoms. The van der Waals surface area contributed by atoms with Gasteiger partial charge in [-0.3, -0.25) is 0 Å². The molecule has 4 nitrogen and oxygen atoms in total. The molecule has 0 aliphatic carbocycles.